The molecule has 0 radical (unpaired) electrons. The summed E-state index contributed by atoms with van der Waals surface area (Å²) in [4.78, 5) is 15.8. The molecule has 0 saturated heterocycles. The summed E-state index contributed by atoms with van der Waals surface area (Å²) in [6, 6.07) is 7.42. The SMILES string of the molecule is CCNC(=O)Nc1cccc2cc(Br)cnc12. The van der Waals surface area contributed by atoms with Crippen molar-refractivity contribution in [1.82, 2.24) is 10.3 Å². The largest absolute Gasteiger partial charge is 0.338 e. The van der Waals surface area contributed by atoms with Gasteiger partial charge in [0, 0.05) is 22.6 Å². The number of fused-ring (bicyclic) bond motifs is 1. The van der Waals surface area contributed by atoms with Crippen molar-refractivity contribution in [3.05, 3.63) is 34.9 Å². The van der Waals surface area contributed by atoms with E-state index in [-0.39, 0.29) is 6.03 Å². The predicted octanol–water partition coefficient (Wildman–Crippen LogP) is 3.14. The van der Waals surface area contributed by atoms with E-state index in [1.165, 1.54) is 0 Å². The minimum Gasteiger partial charge on any atom is -0.338 e. The van der Waals surface area contributed by atoms with Gasteiger partial charge >= 0.3 is 6.03 Å². The molecule has 0 aliphatic heterocycles. The molecule has 0 aliphatic carbocycles. The smallest absolute Gasteiger partial charge is 0.319 e. The van der Waals surface area contributed by atoms with E-state index in [2.05, 4.69) is 31.5 Å². The summed E-state index contributed by atoms with van der Waals surface area (Å²) in [6.07, 6.45) is 1.71. The molecule has 0 spiro atoms. The number of aromatic nitrogens is 1. The number of benzene rings is 1. The summed E-state index contributed by atoms with van der Waals surface area (Å²) in [5, 5.41) is 6.44. The molecule has 1 aromatic carbocycles. The van der Waals surface area contributed by atoms with Crippen molar-refractivity contribution in [1.29, 1.82) is 0 Å². The Morgan fingerprint density at radius 1 is 1.47 bits per heavy atom. The molecular weight excluding hydrogens is 282 g/mol. The molecule has 0 bridgehead atoms. The molecule has 88 valence electrons. The highest BCUT2D eigenvalue weighted by Gasteiger charge is 2.05. The summed E-state index contributed by atoms with van der Waals surface area (Å²) >= 11 is 3.37. The van der Waals surface area contributed by atoms with E-state index >= 15 is 0 Å². The van der Waals surface area contributed by atoms with Crippen molar-refractivity contribution in [2.24, 2.45) is 0 Å². The fourth-order valence-corrected chi connectivity index (χ4v) is 1.91. The Morgan fingerprint density at radius 3 is 3.06 bits per heavy atom. The second-order valence-corrected chi connectivity index (χ2v) is 4.43. The molecule has 5 heteroatoms. The highest BCUT2D eigenvalue weighted by atomic mass is 79.9. The average Bonchev–Trinajstić information content (AvgIpc) is 2.29. The first kappa shape index (κ1) is 11.9. The van der Waals surface area contributed by atoms with Gasteiger partial charge in [0.15, 0.2) is 0 Å². The van der Waals surface area contributed by atoms with Gasteiger partial charge in [0.2, 0.25) is 0 Å². The summed E-state index contributed by atoms with van der Waals surface area (Å²) in [7, 11) is 0. The number of nitrogens with zero attached hydrogens (tertiary/aromatic N) is 1. The lowest BCUT2D eigenvalue weighted by Gasteiger charge is -2.08. The van der Waals surface area contributed by atoms with Crippen LogP contribution in [0.2, 0.25) is 0 Å². The van der Waals surface area contributed by atoms with Crippen molar-refractivity contribution < 1.29 is 4.79 Å². The summed E-state index contributed by atoms with van der Waals surface area (Å²) < 4.78 is 0.917. The predicted molar refractivity (Wildman–Crippen MR) is 72.1 cm³/mol. The Hall–Kier alpha value is -1.62. The summed E-state index contributed by atoms with van der Waals surface area (Å²) in [5.74, 6) is 0. The second kappa shape index (κ2) is 5.14. The molecule has 0 aliphatic rings. The average molecular weight is 294 g/mol. The van der Waals surface area contributed by atoms with Crippen LogP contribution < -0.4 is 10.6 Å². The van der Waals surface area contributed by atoms with Crippen molar-refractivity contribution >= 4 is 38.6 Å². The molecule has 1 aromatic heterocycles. The zero-order chi connectivity index (χ0) is 12.3. The van der Waals surface area contributed by atoms with Gasteiger partial charge in [0.05, 0.1) is 11.2 Å². The third-order valence-electron chi connectivity index (χ3n) is 2.26. The first-order valence-corrected chi connectivity index (χ1v) is 6.09. The van der Waals surface area contributed by atoms with Crippen LogP contribution in [0.3, 0.4) is 0 Å². The molecule has 2 amide bonds. The van der Waals surface area contributed by atoms with E-state index in [0.29, 0.717) is 12.2 Å². The normalized spacial score (nSPS) is 10.2. The third kappa shape index (κ3) is 2.74. The zero-order valence-electron chi connectivity index (χ0n) is 9.33. The molecule has 0 fully saturated rings. The number of carbonyl (C=O) groups excluding carboxylic acids is 1. The lowest BCUT2D eigenvalue weighted by atomic mass is 10.2. The van der Waals surface area contributed by atoms with Crippen LogP contribution in [0.4, 0.5) is 10.5 Å². The highest BCUT2D eigenvalue weighted by molar-refractivity contribution is 9.10. The number of nitrogens with one attached hydrogen (secondary N) is 2. The van der Waals surface area contributed by atoms with Crippen LogP contribution in [0, 0.1) is 0 Å². The number of hydrogen-bond acceptors (Lipinski definition) is 2. The molecule has 4 nitrogen and oxygen atoms in total. The Morgan fingerprint density at radius 2 is 2.29 bits per heavy atom. The molecule has 2 aromatic rings. The molecule has 17 heavy (non-hydrogen) atoms. The molecular formula is C12H12BrN3O. The second-order valence-electron chi connectivity index (χ2n) is 3.52. The minimum atomic E-state index is -0.218. The maximum atomic E-state index is 11.5. The molecule has 0 saturated carbocycles. The van der Waals surface area contributed by atoms with E-state index in [9.17, 15) is 4.79 Å². The van der Waals surface area contributed by atoms with Crippen LogP contribution in [0.15, 0.2) is 34.9 Å². The zero-order valence-corrected chi connectivity index (χ0v) is 10.9. The monoisotopic (exact) mass is 293 g/mol. The molecule has 1 heterocycles. The van der Waals surface area contributed by atoms with Crippen molar-refractivity contribution in [2.75, 3.05) is 11.9 Å². The molecule has 0 atom stereocenters. The van der Waals surface area contributed by atoms with Crippen molar-refractivity contribution in [3.63, 3.8) is 0 Å². The Labute approximate surface area is 108 Å². The van der Waals surface area contributed by atoms with Crippen molar-refractivity contribution in [2.45, 2.75) is 6.92 Å². The van der Waals surface area contributed by atoms with Crippen molar-refractivity contribution in [3.8, 4) is 0 Å². The van der Waals surface area contributed by atoms with Crippen LogP contribution in [0.5, 0.6) is 0 Å². The topological polar surface area (TPSA) is 54.0 Å². The van der Waals surface area contributed by atoms with Gasteiger partial charge in [0.25, 0.3) is 0 Å². The number of pyridine rings is 1. The quantitative estimate of drug-likeness (QED) is 0.894. The van der Waals surface area contributed by atoms with Crippen LogP contribution >= 0.6 is 15.9 Å². The van der Waals surface area contributed by atoms with Crippen LogP contribution in [-0.4, -0.2) is 17.6 Å². The van der Waals surface area contributed by atoms with E-state index in [1.54, 1.807) is 6.20 Å². The Balaban J connectivity index is 2.37. The Bertz CT molecular complexity index is 556. The number of halogens is 1. The van der Waals surface area contributed by atoms with Gasteiger partial charge in [-0.15, -0.1) is 0 Å². The van der Waals surface area contributed by atoms with Gasteiger partial charge < -0.3 is 10.6 Å². The summed E-state index contributed by atoms with van der Waals surface area (Å²) in [5.41, 5.74) is 1.49. The Kier molecular flexibility index (Phi) is 3.58. The lowest BCUT2D eigenvalue weighted by Crippen LogP contribution is -2.28. The number of rotatable bonds is 2. The van der Waals surface area contributed by atoms with E-state index < -0.39 is 0 Å². The number of carbonyl (C=O) groups is 1. The number of urea groups is 1. The molecule has 2 N–H and O–H groups in total. The number of para-hydroxylation sites is 1. The summed E-state index contributed by atoms with van der Waals surface area (Å²) in [6.45, 7) is 2.47. The molecule has 0 unspecified atom stereocenters. The highest BCUT2D eigenvalue weighted by Crippen LogP contribution is 2.23. The molecule has 2 rings (SSSR count). The van der Waals surface area contributed by atoms with Gasteiger partial charge in [-0.2, -0.15) is 0 Å². The van der Waals surface area contributed by atoms with Gasteiger partial charge in [0.1, 0.15) is 0 Å². The van der Waals surface area contributed by atoms with Crippen LogP contribution in [-0.2, 0) is 0 Å². The minimum absolute atomic E-state index is 0.218. The first-order chi connectivity index (χ1) is 8.20. The standard InChI is InChI=1S/C12H12BrN3O/c1-2-14-12(17)16-10-5-3-4-8-6-9(13)7-15-11(8)10/h3-7H,2H2,1H3,(H2,14,16,17). The maximum absolute atomic E-state index is 11.5. The van der Waals surface area contributed by atoms with Gasteiger partial charge in [-0.25, -0.2) is 4.79 Å². The van der Waals surface area contributed by atoms with E-state index in [1.807, 2.05) is 31.2 Å². The van der Waals surface area contributed by atoms with Gasteiger partial charge in [-0.1, -0.05) is 12.1 Å². The fourth-order valence-electron chi connectivity index (χ4n) is 1.56. The van der Waals surface area contributed by atoms with E-state index in [4.69, 9.17) is 0 Å². The van der Waals surface area contributed by atoms with E-state index in [0.717, 1.165) is 15.4 Å². The fraction of sp³-hybridized carbons (Fsp3) is 0.167. The van der Waals surface area contributed by atoms with Crippen LogP contribution in [0.25, 0.3) is 10.9 Å². The number of hydrogen-bond donors (Lipinski definition) is 2. The maximum Gasteiger partial charge on any atom is 0.319 e. The van der Waals surface area contributed by atoms with Gasteiger partial charge in [-0.3, -0.25) is 4.98 Å². The lowest BCUT2D eigenvalue weighted by molar-refractivity contribution is 0.252. The van der Waals surface area contributed by atoms with Gasteiger partial charge in [-0.05, 0) is 35.0 Å². The van der Waals surface area contributed by atoms with Crippen LogP contribution in [0.1, 0.15) is 6.92 Å². The number of anilines is 1. The number of amides is 2. The third-order valence-corrected chi connectivity index (χ3v) is 2.70. The first-order valence-electron chi connectivity index (χ1n) is 5.30.